The topological polar surface area (TPSA) is 106 Å². The number of imidazole rings is 1. The molecule has 0 N–H and O–H groups in total. The Balaban J connectivity index is 1.48. The second-order valence-corrected chi connectivity index (χ2v) is 7.43. The summed E-state index contributed by atoms with van der Waals surface area (Å²) in [6.07, 6.45) is 3.76. The smallest absolute Gasteiger partial charge is 0.332 e. The van der Waals surface area contributed by atoms with Crippen LogP contribution in [-0.2, 0) is 27.7 Å². The van der Waals surface area contributed by atoms with Crippen LogP contribution >= 0.6 is 11.8 Å². The monoisotopic (exact) mass is 401 g/mol. The Labute approximate surface area is 163 Å². The summed E-state index contributed by atoms with van der Waals surface area (Å²) in [6.45, 7) is 0.322. The molecule has 28 heavy (non-hydrogen) atoms. The van der Waals surface area contributed by atoms with Crippen molar-refractivity contribution in [2.75, 3.05) is 5.75 Å². The van der Waals surface area contributed by atoms with Crippen LogP contribution in [0.4, 0.5) is 0 Å². The molecule has 10 nitrogen and oxygen atoms in total. The van der Waals surface area contributed by atoms with E-state index in [4.69, 9.17) is 4.42 Å². The fourth-order valence-corrected chi connectivity index (χ4v) is 3.88. The molecule has 4 aromatic heterocycles. The second kappa shape index (κ2) is 7.15. The zero-order chi connectivity index (χ0) is 19.8. The lowest BCUT2D eigenvalue weighted by atomic mass is 10.4. The van der Waals surface area contributed by atoms with E-state index in [1.54, 1.807) is 31.0 Å². The van der Waals surface area contributed by atoms with E-state index in [2.05, 4.69) is 15.2 Å². The lowest BCUT2D eigenvalue weighted by molar-refractivity contribution is 0.572. The number of aromatic nitrogens is 7. The molecule has 4 aromatic rings. The van der Waals surface area contributed by atoms with Crippen molar-refractivity contribution in [2.24, 2.45) is 21.1 Å². The Morgan fingerprint density at radius 3 is 2.71 bits per heavy atom. The number of fused-ring (bicyclic) bond motifs is 1. The van der Waals surface area contributed by atoms with Crippen molar-refractivity contribution >= 4 is 22.9 Å². The molecule has 0 aliphatic rings. The second-order valence-electron chi connectivity index (χ2n) is 6.37. The van der Waals surface area contributed by atoms with E-state index in [0.717, 1.165) is 5.16 Å². The first-order valence-electron chi connectivity index (χ1n) is 8.66. The predicted octanol–water partition coefficient (Wildman–Crippen LogP) is 1.00. The minimum atomic E-state index is -0.361. The Kier molecular flexibility index (Phi) is 4.67. The number of furan rings is 1. The average Bonchev–Trinajstić information content (AvgIpc) is 3.40. The predicted molar refractivity (Wildman–Crippen MR) is 104 cm³/mol. The van der Waals surface area contributed by atoms with Gasteiger partial charge in [-0.3, -0.25) is 13.9 Å². The molecule has 0 spiro atoms. The Morgan fingerprint density at radius 2 is 1.96 bits per heavy atom. The first kappa shape index (κ1) is 18.3. The van der Waals surface area contributed by atoms with Gasteiger partial charge in [-0.1, -0.05) is 11.8 Å². The fraction of sp³-hybridized carbons (Fsp3) is 0.353. The van der Waals surface area contributed by atoms with Gasteiger partial charge in [0, 0.05) is 33.4 Å². The third-order valence-corrected chi connectivity index (χ3v) is 5.64. The van der Waals surface area contributed by atoms with Crippen LogP contribution in [0.2, 0.25) is 0 Å². The first-order chi connectivity index (χ1) is 13.5. The molecule has 0 aromatic carbocycles. The maximum absolute atomic E-state index is 12.7. The molecule has 0 aliphatic heterocycles. The minimum absolute atomic E-state index is 0.318. The van der Waals surface area contributed by atoms with E-state index < -0.39 is 0 Å². The van der Waals surface area contributed by atoms with Gasteiger partial charge in [0.2, 0.25) is 0 Å². The van der Waals surface area contributed by atoms with Crippen molar-refractivity contribution in [3.8, 4) is 11.6 Å². The van der Waals surface area contributed by atoms with Crippen LogP contribution in [0.3, 0.4) is 0 Å². The molecule has 0 radical (unpaired) electrons. The Bertz CT molecular complexity index is 1250. The molecule has 0 unspecified atom stereocenters. The van der Waals surface area contributed by atoms with Gasteiger partial charge in [0.15, 0.2) is 27.9 Å². The standard InChI is InChI=1S/C17H19N7O3S/c1-21-10-18-14-12(21)15(25)24(17(26)23(14)3)7-5-9-28-16-20-19-13(22(16)2)11-6-4-8-27-11/h4,6,8,10H,5,7,9H2,1-3H3. The van der Waals surface area contributed by atoms with E-state index in [9.17, 15) is 9.59 Å². The quantitative estimate of drug-likeness (QED) is 0.351. The summed E-state index contributed by atoms with van der Waals surface area (Å²) in [7, 11) is 5.24. The summed E-state index contributed by atoms with van der Waals surface area (Å²) < 4.78 is 11.5. The molecule has 0 fully saturated rings. The third kappa shape index (κ3) is 2.97. The van der Waals surface area contributed by atoms with Crippen molar-refractivity contribution in [1.82, 2.24) is 33.4 Å². The summed E-state index contributed by atoms with van der Waals surface area (Å²) in [6, 6.07) is 3.63. The lowest BCUT2D eigenvalue weighted by Crippen LogP contribution is -2.39. The van der Waals surface area contributed by atoms with Crippen LogP contribution in [0, 0.1) is 0 Å². The molecular weight excluding hydrogens is 382 g/mol. The highest BCUT2D eigenvalue weighted by Crippen LogP contribution is 2.23. The van der Waals surface area contributed by atoms with E-state index in [1.807, 2.05) is 17.7 Å². The van der Waals surface area contributed by atoms with Gasteiger partial charge in [0.25, 0.3) is 5.56 Å². The largest absolute Gasteiger partial charge is 0.461 e. The van der Waals surface area contributed by atoms with Gasteiger partial charge < -0.3 is 13.6 Å². The van der Waals surface area contributed by atoms with Gasteiger partial charge in [-0.2, -0.15) is 0 Å². The SMILES string of the molecule is Cn1c(SCCCn2c(=O)c3c(ncn3C)n(C)c2=O)nnc1-c1ccco1. The first-order valence-corrected chi connectivity index (χ1v) is 9.64. The average molecular weight is 401 g/mol. The van der Waals surface area contributed by atoms with Gasteiger partial charge in [0.05, 0.1) is 12.6 Å². The van der Waals surface area contributed by atoms with Gasteiger partial charge in [0.1, 0.15) is 0 Å². The maximum Gasteiger partial charge on any atom is 0.332 e. The van der Waals surface area contributed by atoms with Crippen molar-refractivity contribution in [3.05, 3.63) is 45.6 Å². The third-order valence-electron chi connectivity index (χ3n) is 4.53. The maximum atomic E-state index is 12.7. The molecular formula is C17H19N7O3S. The number of rotatable bonds is 6. The lowest BCUT2D eigenvalue weighted by Gasteiger charge is -2.08. The van der Waals surface area contributed by atoms with Crippen molar-refractivity contribution < 1.29 is 4.42 Å². The highest BCUT2D eigenvalue weighted by molar-refractivity contribution is 7.99. The number of hydrogen-bond donors (Lipinski definition) is 0. The normalized spacial score (nSPS) is 11.5. The zero-order valence-corrected chi connectivity index (χ0v) is 16.5. The molecule has 146 valence electrons. The van der Waals surface area contributed by atoms with Crippen molar-refractivity contribution in [1.29, 1.82) is 0 Å². The summed E-state index contributed by atoms with van der Waals surface area (Å²) in [5.74, 6) is 1.99. The zero-order valence-electron chi connectivity index (χ0n) is 15.7. The van der Waals surface area contributed by atoms with E-state index in [-0.39, 0.29) is 11.2 Å². The molecule has 4 heterocycles. The van der Waals surface area contributed by atoms with Crippen molar-refractivity contribution in [2.45, 2.75) is 18.1 Å². The summed E-state index contributed by atoms with van der Waals surface area (Å²) in [5.41, 5.74) is 0.139. The van der Waals surface area contributed by atoms with E-state index in [0.29, 0.717) is 41.5 Å². The van der Waals surface area contributed by atoms with Crippen LogP contribution in [0.25, 0.3) is 22.7 Å². The van der Waals surface area contributed by atoms with Gasteiger partial charge >= 0.3 is 5.69 Å². The number of thioether (sulfide) groups is 1. The van der Waals surface area contributed by atoms with Gasteiger partial charge in [-0.15, -0.1) is 10.2 Å². The fourth-order valence-electron chi connectivity index (χ4n) is 3.04. The van der Waals surface area contributed by atoms with Crippen LogP contribution in [0.1, 0.15) is 6.42 Å². The summed E-state index contributed by atoms with van der Waals surface area (Å²) in [5, 5.41) is 9.08. The van der Waals surface area contributed by atoms with Crippen LogP contribution in [0.5, 0.6) is 0 Å². The Morgan fingerprint density at radius 1 is 1.14 bits per heavy atom. The molecule has 11 heteroatoms. The molecule has 0 atom stereocenters. The molecule has 4 rings (SSSR count). The molecule has 0 amide bonds. The molecule has 0 bridgehead atoms. The van der Waals surface area contributed by atoms with Crippen molar-refractivity contribution in [3.63, 3.8) is 0 Å². The molecule has 0 aliphatic carbocycles. The van der Waals surface area contributed by atoms with Crippen LogP contribution in [0.15, 0.2) is 43.9 Å². The number of hydrogen-bond acceptors (Lipinski definition) is 7. The highest BCUT2D eigenvalue weighted by Gasteiger charge is 2.16. The van der Waals surface area contributed by atoms with E-state index >= 15 is 0 Å². The number of nitrogens with zero attached hydrogens (tertiary/aromatic N) is 7. The number of aryl methyl sites for hydroxylation is 2. The van der Waals surface area contributed by atoms with Crippen LogP contribution in [-0.4, -0.2) is 39.2 Å². The molecule has 0 saturated heterocycles. The summed E-state index contributed by atoms with van der Waals surface area (Å²) in [4.78, 5) is 29.3. The molecule has 0 saturated carbocycles. The van der Waals surface area contributed by atoms with Crippen LogP contribution < -0.4 is 11.2 Å². The van der Waals surface area contributed by atoms with E-state index in [1.165, 1.54) is 27.2 Å². The minimum Gasteiger partial charge on any atom is -0.461 e. The van der Waals surface area contributed by atoms with Gasteiger partial charge in [-0.05, 0) is 18.6 Å². The summed E-state index contributed by atoms with van der Waals surface area (Å²) >= 11 is 1.51. The Hall–Kier alpha value is -3.08. The van der Waals surface area contributed by atoms with Gasteiger partial charge in [-0.25, -0.2) is 9.78 Å². The highest BCUT2D eigenvalue weighted by atomic mass is 32.2.